The van der Waals surface area contributed by atoms with Crippen LogP contribution in [0.5, 0.6) is 0 Å². The number of rotatable bonds is 3. The van der Waals surface area contributed by atoms with Gasteiger partial charge in [0.05, 0.1) is 11.1 Å². The monoisotopic (exact) mass is 420 g/mol. The van der Waals surface area contributed by atoms with E-state index in [0.29, 0.717) is 23.8 Å². The summed E-state index contributed by atoms with van der Waals surface area (Å²) in [7, 11) is 0. The van der Waals surface area contributed by atoms with Gasteiger partial charge in [0.15, 0.2) is 0 Å². The van der Waals surface area contributed by atoms with E-state index in [1.165, 1.54) is 6.07 Å². The minimum atomic E-state index is -4.48. The van der Waals surface area contributed by atoms with Crippen LogP contribution in [-0.4, -0.2) is 0 Å². The molecule has 0 radical (unpaired) electrons. The summed E-state index contributed by atoms with van der Waals surface area (Å²) in [5.74, 6) is -0.191. The topological polar surface area (TPSA) is 0 Å². The highest BCUT2D eigenvalue weighted by Crippen LogP contribution is 2.49. The lowest BCUT2D eigenvalue weighted by molar-refractivity contribution is -0.137. The standard InChI is InChI=1S/C25H25F5/c1-2-3-4-15-5-11-19-17(13-15)8-12-20-21(19)14-22(26)23(24(20)27)16-6-9-18(10-7-16)25(28,29)30/h3-4,6-7,9-10,14-15,17,19H,2,5,8,11-13H2,1H3/b4-3+. The lowest BCUT2D eigenvalue weighted by Crippen LogP contribution is -2.28. The van der Waals surface area contributed by atoms with E-state index in [2.05, 4.69) is 19.1 Å². The molecule has 1 fully saturated rings. The Kier molecular flexibility index (Phi) is 5.73. The molecule has 160 valence electrons. The van der Waals surface area contributed by atoms with Crippen LogP contribution in [0.2, 0.25) is 0 Å². The van der Waals surface area contributed by atoms with Gasteiger partial charge in [-0.05, 0) is 91.2 Å². The van der Waals surface area contributed by atoms with Crippen molar-refractivity contribution in [1.29, 1.82) is 0 Å². The summed E-state index contributed by atoms with van der Waals surface area (Å²) in [5, 5.41) is 0. The van der Waals surface area contributed by atoms with Crippen LogP contribution in [0.25, 0.3) is 11.1 Å². The molecule has 0 N–H and O–H groups in total. The van der Waals surface area contributed by atoms with Crippen LogP contribution in [0.15, 0.2) is 42.5 Å². The van der Waals surface area contributed by atoms with E-state index in [0.717, 1.165) is 61.9 Å². The van der Waals surface area contributed by atoms with Crippen LogP contribution < -0.4 is 0 Å². The van der Waals surface area contributed by atoms with Crippen molar-refractivity contribution in [2.24, 2.45) is 11.8 Å². The number of hydrogen-bond acceptors (Lipinski definition) is 0. The van der Waals surface area contributed by atoms with Gasteiger partial charge in [-0.2, -0.15) is 13.2 Å². The molecular formula is C25H25F5. The smallest absolute Gasteiger partial charge is 0.206 e. The summed E-state index contributed by atoms with van der Waals surface area (Å²) in [6, 6.07) is 5.47. The summed E-state index contributed by atoms with van der Waals surface area (Å²) < 4.78 is 68.8. The van der Waals surface area contributed by atoms with Crippen molar-refractivity contribution in [3.05, 3.63) is 70.8 Å². The molecule has 0 spiro atoms. The minimum Gasteiger partial charge on any atom is -0.206 e. The molecule has 0 aromatic heterocycles. The summed E-state index contributed by atoms with van der Waals surface area (Å²) in [6.07, 6.45) is 5.38. The molecule has 2 aromatic rings. The molecule has 1 saturated carbocycles. The molecule has 30 heavy (non-hydrogen) atoms. The predicted molar refractivity (Wildman–Crippen MR) is 108 cm³/mol. The third-order valence-electron chi connectivity index (χ3n) is 6.69. The van der Waals surface area contributed by atoms with Crippen molar-refractivity contribution in [2.75, 3.05) is 0 Å². The van der Waals surface area contributed by atoms with Gasteiger partial charge in [-0.3, -0.25) is 0 Å². The maximum atomic E-state index is 15.4. The quantitative estimate of drug-likeness (QED) is 0.348. The first-order chi connectivity index (χ1) is 14.3. The van der Waals surface area contributed by atoms with E-state index in [-0.39, 0.29) is 17.0 Å². The van der Waals surface area contributed by atoms with Crippen molar-refractivity contribution in [2.45, 2.75) is 57.5 Å². The second kappa shape index (κ2) is 8.16. The Bertz CT molecular complexity index is 939. The molecule has 0 saturated heterocycles. The van der Waals surface area contributed by atoms with E-state index in [1.807, 2.05) is 0 Å². The molecule has 2 aromatic carbocycles. The Balaban J connectivity index is 1.65. The highest BCUT2D eigenvalue weighted by Gasteiger charge is 2.37. The summed E-state index contributed by atoms with van der Waals surface area (Å²) in [6.45, 7) is 2.11. The van der Waals surface area contributed by atoms with Gasteiger partial charge < -0.3 is 0 Å². The molecule has 0 amide bonds. The normalized spacial score (nSPS) is 24.0. The van der Waals surface area contributed by atoms with E-state index in [9.17, 15) is 17.6 Å². The molecular weight excluding hydrogens is 395 g/mol. The Labute approximate surface area is 173 Å². The molecule has 2 aliphatic rings. The summed E-state index contributed by atoms with van der Waals surface area (Å²) >= 11 is 0. The van der Waals surface area contributed by atoms with Crippen molar-refractivity contribution in [3.63, 3.8) is 0 Å². The second-order valence-electron chi connectivity index (χ2n) is 8.51. The Morgan fingerprint density at radius 1 is 1.03 bits per heavy atom. The largest absolute Gasteiger partial charge is 0.416 e. The van der Waals surface area contributed by atoms with Gasteiger partial charge in [0.2, 0.25) is 0 Å². The summed E-state index contributed by atoms with van der Waals surface area (Å²) in [5.41, 5.74) is 0.378. The number of fused-ring (bicyclic) bond motifs is 3. The minimum absolute atomic E-state index is 0.135. The van der Waals surface area contributed by atoms with Gasteiger partial charge in [-0.1, -0.05) is 31.2 Å². The third-order valence-corrected chi connectivity index (χ3v) is 6.69. The first kappa shape index (κ1) is 21.1. The molecule has 3 atom stereocenters. The Morgan fingerprint density at radius 3 is 2.43 bits per heavy atom. The first-order valence-corrected chi connectivity index (χ1v) is 10.6. The van der Waals surface area contributed by atoms with Crippen LogP contribution in [0.3, 0.4) is 0 Å². The van der Waals surface area contributed by atoms with Crippen molar-refractivity contribution >= 4 is 0 Å². The van der Waals surface area contributed by atoms with Gasteiger partial charge in [0, 0.05) is 0 Å². The average Bonchev–Trinajstić information content (AvgIpc) is 2.71. The zero-order valence-corrected chi connectivity index (χ0v) is 16.9. The highest BCUT2D eigenvalue weighted by atomic mass is 19.4. The predicted octanol–water partition coefficient (Wildman–Crippen LogP) is 8.06. The van der Waals surface area contributed by atoms with Crippen molar-refractivity contribution in [3.8, 4) is 11.1 Å². The van der Waals surface area contributed by atoms with Crippen LogP contribution >= 0.6 is 0 Å². The average molecular weight is 420 g/mol. The van der Waals surface area contributed by atoms with Gasteiger partial charge in [-0.25, -0.2) is 8.78 Å². The molecule has 2 aliphatic carbocycles. The Hall–Kier alpha value is -2.17. The number of halogens is 5. The highest BCUT2D eigenvalue weighted by molar-refractivity contribution is 5.67. The summed E-state index contributed by atoms with van der Waals surface area (Å²) in [4.78, 5) is 0. The van der Waals surface area contributed by atoms with Gasteiger partial charge >= 0.3 is 6.18 Å². The van der Waals surface area contributed by atoms with Crippen LogP contribution in [-0.2, 0) is 12.6 Å². The van der Waals surface area contributed by atoms with Gasteiger partial charge in [-0.15, -0.1) is 0 Å². The molecule has 0 nitrogen and oxygen atoms in total. The SMILES string of the molecule is CC/C=C/C1CCC2c3cc(F)c(-c4ccc(C(F)(F)F)cc4)c(F)c3CCC2C1. The fourth-order valence-corrected chi connectivity index (χ4v) is 5.22. The van der Waals surface area contributed by atoms with E-state index >= 15 is 4.39 Å². The van der Waals surface area contributed by atoms with Crippen LogP contribution in [0, 0.1) is 23.5 Å². The molecule has 0 aliphatic heterocycles. The fourth-order valence-electron chi connectivity index (χ4n) is 5.22. The molecule has 0 bridgehead atoms. The lowest BCUT2D eigenvalue weighted by Gasteiger charge is -2.40. The van der Waals surface area contributed by atoms with Crippen molar-refractivity contribution in [1.82, 2.24) is 0 Å². The van der Waals surface area contributed by atoms with Crippen molar-refractivity contribution < 1.29 is 22.0 Å². The van der Waals surface area contributed by atoms with Gasteiger partial charge in [0.25, 0.3) is 0 Å². The molecule has 5 heteroatoms. The molecule has 4 rings (SSSR count). The fraction of sp³-hybridized carbons (Fsp3) is 0.440. The number of allylic oxidation sites excluding steroid dienone is 2. The second-order valence-corrected chi connectivity index (χ2v) is 8.51. The third kappa shape index (κ3) is 3.91. The molecule has 3 unspecified atom stereocenters. The molecule has 0 heterocycles. The van der Waals surface area contributed by atoms with E-state index < -0.39 is 23.4 Å². The van der Waals surface area contributed by atoms with Crippen LogP contribution in [0.1, 0.15) is 61.6 Å². The van der Waals surface area contributed by atoms with E-state index in [4.69, 9.17) is 0 Å². The zero-order chi connectivity index (χ0) is 21.5. The Morgan fingerprint density at radius 2 is 1.77 bits per heavy atom. The van der Waals surface area contributed by atoms with E-state index in [1.54, 1.807) is 0 Å². The number of benzene rings is 2. The van der Waals surface area contributed by atoms with Crippen LogP contribution in [0.4, 0.5) is 22.0 Å². The van der Waals surface area contributed by atoms with Gasteiger partial charge in [0.1, 0.15) is 11.6 Å². The maximum Gasteiger partial charge on any atom is 0.416 e. The maximum absolute atomic E-state index is 15.4. The number of alkyl halides is 3. The zero-order valence-electron chi connectivity index (χ0n) is 16.9. The lowest BCUT2D eigenvalue weighted by atomic mass is 9.65. The number of hydrogen-bond donors (Lipinski definition) is 0. The first-order valence-electron chi connectivity index (χ1n) is 10.6.